The fourth-order valence-corrected chi connectivity index (χ4v) is 4.56. The lowest BCUT2D eigenvalue weighted by Gasteiger charge is -2.23. The van der Waals surface area contributed by atoms with Crippen LogP contribution < -0.4 is 16.0 Å². The zero-order valence-electron chi connectivity index (χ0n) is 17.4. The van der Waals surface area contributed by atoms with Gasteiger partial charge in [0.1, 0.15) is 11.7 Å². The molecule has 1 aliphatic rings. The second-order valence-corrected chi connectivity index (χ2v) is 8.00. The van der Waals surface area contributed by atoms with Gasteiger partial charge in [-0.25, -0.2) is 13.8 Å². The van der Waals surface area contributed by atoms with Gasteiger partial charge in [-0.1, -0.05) is 0 Å². The molecule has 7 nitrogen and oxygen atoms in total. The molecule has 162 valence electrons. The number of anilines is 2. The number of hydrogen-bond acceptors (Lipinski definition) is 6. The largest absolute Gasteiger partial charge is 0.386 e. The lowest BCUT2D eigenvalue weighted by molar-refractivity contribution is 0.518. The number of H-pyrrole nitrogens is 1. The quantitative estimate of drug-likeness (QED) is 0.453. The normalized spacial score (nSPS) is 16.1. The van der Waals surface area contributed by atoms with Crippen LogP contribution in [0.4, 0.5) is 20.2 Å². The Labute approximate surface area is 182 Å². The average molecular weight is 433 g/mol. The molecule has 3 aromatic heterocycles. The SMILES string of the molecule is CNc1cc(F)c(F)c2c1[nH]c1ncc(-c3cncc(C#N)c3)c(N3CCC(CN)C3)c12. The Bertz CT molecular complexity index is 1390. The molecule has 0 radical (unpaired) electrons. The van der Waals surface area contributed by atoms with Crippen molar-refractivity contribution in [1.82, 2.24) is 15.0 Å². The van der Waals surface area contributed by atoms with Crippen LogP contribution >= 0.6 is 0 Å². The number of rotatable bonds is 4. The van der Waals surface area contributed by atoms with E-state index in [2.05, 4.69) is 31.2 Å². The van der Waals surface area contributed by atoms with Crippen molar-refractivity contribution >= 4 is 33.3 Å². The molecular formula is C23H21F2N7. The van der Waals surface area contributed by atoms with Gasteiger partial charge in [-0.2, -0.15) is 5.26 Å². The highest BCUT2D eigenvalue weighted by Crippen LogP contribution is 2.44. The van der Waals surface area contributed by atoms with Crippen molar-refractivity contribution in [2.45, 2.75) is 6.42 Å². The third kappa shape index (κ3) is 3.03. The van der Waals surface area contributed by atoms with E-state index >= 15 is 4.39 Å². The third-order valence-corrected chi connectivity index (χ3v) is 6.15. The maximum absolute atomic E-state index is 15.2. The van der Waals surface area contributed by atoms with Crippen LogP contribution in [0.2, 0.25) is 0 Å². The number of aromatic amines is 1. The summed E-state index contributed by atoms with van der Waals surface area (Å²) in [6, 6.07) is 4.95. The van der Waals surface area contributed by atoms with E-state index in [1.165, 1.54) is 6.20 Å². The van der Waals surface area contributed by atoms with Crippen LogP contribution in [0.15, 0.2) is 30.7 Å². The molecule has 0 saturated carbocycles. The summed E-state index contributed by atoms with van der Waals surface area (Å²) in [6.07, 6.45) is 5.72. The second kappa shape index (κ2) is 7.73. The molecule has 1 fully saturated rings. The van der Waals surface area contributed by atoms with Crippen molar-refractivity contribution in [3.8, 4) is 17.2 Å². The van der Waals surface area contributed by atoms with Gasteiger partial charge >= 0.3 is 0 Å². The predicted molar refractivity (Wildman–Crippen MR) is 120 cm³/mol. The molecule has 1 unspecified atom stereocenters. The number of nitrogens with zero attached hydrogens (tertiary/aromatic N) is 4. The first-order valence-electron chi connectivity index (χ1n) is 10.4. The van der Waals surface area contributed by atoms with Gasteiger partial charge in [0.2, 0.25) is 0 Å². The standard InChI is InChI=1S/C23H21F2N7/c1-28-17-5-16(24)20(25)18-19-22(32-3-2-12(6-26)11-32)15(10-30-23(19)31-21(17)18)14-4-13(7-27)8-29-9-14/h4-5,8-10,12,28H,2-3,6,11,26H2,1H3,(H,30,31). The zero-order chi connectivity index (χ0) is 22.4. The van der Waals surface area contributed by atoms with Crippen molar-refractivity contribution < 1.29 is 8.78 Å². The topological polar surface area (TPSA) is 107 Å². The van der Waals surface area contributed by atoms with Crippen molar-refractivity contribution in [1.29, 1.82) is 5.26 Å². The van der Waals surface area contributed by atoms with E-state index in [4.69, 9.17) is 5.73 Å². The van der Waals surface area contributed by atoms with Crippen molar-refractivity contribution in [3.05, 3.63) is 47.9 Å². The van der Waals surface area contributed by atoms with E-state index in [9.17, 15) is 9.65 Å². The molecule has 1 aliphatic heterocycles. The smallest absolute Gasteiger partial charge is 0.169 e. The molecule has 32 heavy (non-hydrogen) atoms. The number of nitriles is 1. The van der Waals surface area contributed by atoms with Gasteiger partial charge in [0.05, 0.1) is 33.2 Å². The van der Waals surface area contributed by atoms with Crippen LogP contribution in [0.3, 0.4) is 0 Å². The molecule has 4 N–H and O–H groups in total. The minimum Gasteiger partial charge on any atom is -0.386 e. The molecule has 4 heterocycles. The molecule has 0 bridgehead atoms. The van der Waals surface area contributed by atoms with Crippen LogP contribution in [0.5, 0.6) is 0 Å². The monoisotopic (exact) mass is 433 g/mol. The molecule has 0 amide bonds. The number of pyridine rings is 2. The number of nitrogens with one attached hydrogen (secondary N) is 2. The highest BCUT2D eigenvalue weighted by molar-refractivity contribution is 6.18. The molecule has 9 heteroatoms. The summed E-state index contributed by atoms with van der Waals surface area (Å²) in [4.78, 5) is 14.0. The Morgan fingerprint density at radius 1 is 1.28 bits per heavy atom. The van der Waals surface area contributed by atoms with Crippen LogP contribution in [-0.2, 0) is 0 Å². The molecule has 1 aromatic carbocycles. The highest BCUT2D eigenvalue weighted by Gasteiger charge is 2.29. The van der Waals surface area contributed by atoms with Gasteiger partial charge in [0.25, 0.3) is 0 Å². The van der Waals surface area contributed by atoms with Crippen molar-refractivity contribution in [2.75, 3.05) is 36.9 Å². The first kappa shape index (κ1) is 20.2. The summed E-state index contributed by atoms with van der Waals surface area (Å²) in [5.74, 6) is -1.56. The Morgan fingerprint density at radius 3 is 2.84 bits per heavy atom. The summed E-state index contributed by atoms with van der Waals surface area (Å²) < 4.78 is 29.7. The maximum Gasteiger partial charge on any atom is 0.169 e. The molecule has 5 rings (SSSR count). The summed E-state index contributed by atoms with van der Waals surface area (Å²) >= 11 is 0. The van der Waals surface area contributed by atoms with Gasteiger partial charge in [-0.15, -0.1) is 0 Å². The number of hydrogen-bond donors (Lipinski definition) is 3. The molecule has 1 saturated heterocycles. The molecule has 4 aromatic rings. The van der Waals surface area contributed by atoms with Crippen LogP contribution in [0.1, 0.15) is 12.0 Å². The minimum absolute atomic E-state index is 0.147. The fourth-order valence-electron chi connectivity index (χ4n) is 4.56. The Balaban J connectivity index is 1.89. The van der Waals surface area contributed by atoms with Crippen LogP contribution in [0.25, 0.3) is 33.1 Å². The lowest BCUT2D eigenvalue weighted by Crippen LogP contribution is -2.23. The third-order valence-electron chi connectivity index (χ3n) is 6.15. The molecular weight excluding hydrogens is 412 g/mol. The van der Waals surface area contributed by atoms with Gasteiger partial charge in [-0.05, 0) is 24.9 Å². The van der Waals surface area contributed by atoms with E-state index in [1.54, 1.807) is 25.5 Å². The molecule has 1 atom stereocenters. The average Bonchev–Trinajstić information content (AvgIpc) is 3.46. The van der Waals surface area contributed by atoms with Gasteiger partial charge in [0, 0.05) is 55.9 Å². The van der Waals surface area contributed by atoms with Gasteiger partial charge in [0.15, 0.2) is 11.6 Å². The van der Waals surface area contributed by atoms with Crippen LogP contribution in [0, 0.1) is 28.9 Å². The number of halogens is 2. The minimum atomic E-state index is -0.937. The molecule has 0 spiro atoms. The Kier molecular flexibility index (Phi) is 4.87. The van der Waals surface area contributed by atoms with E-state index < -0.39 is 11.6 Å². The van der Waals surface area contributed by atoms with Gasteiger partial charge in [-0.3, -0.25) is 4.98 Å². The summed E-state index contributed by atoms with van der Waals surface area (Å²) in [6.45, 7) is 1.96. The summed E-state index contributed by atoms with van der Waals surface area (Å²) in [5, 5.41) is 12.9. The first-order valence-corrected chi connectivity index (χ1v) is 10.4. The van der Waals surface area contributed by atoms with E-state index in [0.29, 0.717) is 57.9 Å². The number of aromatic nitrogens is 3. The predicted octanol–water partition coefficient (Wildman–Crippen LogP) is 3.75. The lowest BCUT2D eigenvalue weighted by atomic mass is 10.0. The van der Waals surface area contributed by atoms with Crippen molar-refractivity contribution in [2.24, 2.45) is 11.7 Å². The van der Waals surface area contributed by atoms with Crippen molar-refractivity contribution in [3.63, 3.8) is 0 Å². The zero-order valence-corrected chi connectivity index (χ0v) is 17.4. The van der Waals surface area contributed by atoms with Crippen LogP contribution in [-0.4, -0.2) is 41.6 Å². The number of benzene rings is 1. The summed E-state index contributed by atoms with van der Waals surface area (Å²) in [5.41, 5.74) is 9.80. The van der Waals surface area contributed by atoms with E-state index in [-0.39, 0.29) is 5.39 Å². The van der Waals surface area contributed by atoms with E-state index in [1.807, 2.05) is 0 Å². The summed E-state index contributed by atoms with van der Waals surface area (Å²) in [7, 11) is 1.66. The Hall–Kier alpha value is -3.77. The number of nitrogens with two attached hydrogens (primary N) is 1. The first-order chi connectivity index (χ1) is 15.5. The van der Waals surface area contributed by atoms with Gasteiger partial charge < -0.3 is 20.9 Å². The Morgan fingerprint density at radius 2 is 2.12 bits per heavy atom. The van der Waals surface area contributed by atoms with E-state index in [0.717, 1.165) is 24.7 Å². The highest BCUT2D eigenvalue weighted by atomic mass is 19.2. The molecule has 0 aliphatic carbocycles. The fraction of sp³-hybridized carbons (Fsp3) is 0.261. The second-order valence-electron chi connectivity index (χ2n) is 8.00. The maximum atomic E-state index is 15.2. The number of fused-ring (bicyclic) bond motifs is 3.